The van der Waals surface area contributed by atoms with Gasteiger partial charge in [-0.2, -0.15) is 12.6 Å². The van der Waals surface area contributed by atoms with Crippen molar-refractivity contribution in [3.8, 4) is 0 Å². The largest absolute Gasteiger partial charge is 0.363 e. The van der Waals surface area contributed by atoms with E-state index >= 15 is 0 Å². The summed E-state index contributed by atoms with van der Waals surface area (Å²) in [5.74, 6) is 0.780. The molecule has 0 amide bonds. The Balaban J connectivity index is 3.53. The predicted octanol–water partition coefficient (Wildman–Crippen LogP) is 3.46. The van der Waals surface area contributed by atoms with Gasteiger partial charge >= 0.3 is 0 Å². The van der Waals surface area contributed by atoms with Gasteiger partial charge in [0, 0.05) is 11.0 Å². The zero-order valence-corrected chi connectivity index (χ0v) is 10.6. The van der Waals surface area contributed by atoms with Gasteiger partial charge in [-0.3, -0.25) is 0 Å². The lowest BCUT2D eigenvalue weighted by Gasteiger charge is -2.17. The predicted molar refractivity (Wildman–Crippen MR) is 64.2 cm³/mol. The summed E-state index contributed by atoms with van der Waals surface area (Å²) in [6.07, 6.45) is 0.294. The molecule has 0 spiro atoms. The summed E-state index contributed by atoms with van der Waals surface area (Å²) in [6.45, 7) is 8.47. The molecule has 0 aliphatic rings. The van der Waals surface area contributed by atoms with Gasteiger partial charge in [0.1, 0.15) is 5.44 Å². The molecule has 0 aromatic carbocycles. The van der Waals surface area contributed by atoms with Crippen molar-refractivity contribution in [1.82, 2.24) is 0 Å². The van der Waals surface area contributed by atoms with Crippen molar-refractivity contribution in [3.63, 3.8) is 0 Å². The fourth-order valence-electron chi connectivity index (χ4n) is 0.573. The quantitative estimate of drug-likeness (QED) is 0.422. The van der Waals surface area contributed by atoms with Crippen LogP contribution in [-0.4, -0.2) is 22.5 Å². The molecule has 4 heteroatoms. The molecule has 0 saturated carbocycles. The van der Waals surface area contributed by atoms with E-state index in [1.165, 1.54) is 0 Å². The molecule has 74 valence electrons. The van der Waals surface area contributed by atoms with E-state index < -0.39 is 0 Å². The Morgan fingerprint density at radius 1 is 1.17 bits per heavy atom. The van der Waals surface area contributed by atoms with Crippen LogP contribution in [0, 0.1) is 0 Å². The molecule has 1 atom stereocenters. The highest BCUT2D eigenvalue weighted by atomic mass is 33.1. The van der Waals surface area contributed by atoms with E-state index in [4.69, 9.17) is 4.74 Å². The van der Waals surface area contributed by atoms with Crippen LogP contribution in [0.15, 0.2) is 0 Å². The van der Waals surface area contributed by atoms with E-state index in [2.05, 4.69) is 40.3 Å². The van der Waals surface area contributed by atoms with Crippen molar-refractivity contribution in [3.05, 3.63) is 0 Å². The number of rotatable bonds is 6. The highest BCUT2D eigenvalue weighted by Gasteiger charge is 2.10. The Morgan fingerprint density at radius 3 is 2.08 bits per heavy atom. The zero-order chi connectivity index (χ0) is 9.56. The van der Waals surface area contributed by atoms with Crippen LogP contribution in [0.25, 0.3) is 0 Å². The van der Waals surface area contributed by atoms with Crippen LogP contribution < -0.4 is 0 Å². The van der Waals surface area contributed by atoms with Crippen molar-refractivity contribution < 1.29 is 4.74 Å². The second-order valence-corrected chi connectivity index (χ2v) is 6.41. The molecule has 0 N–H and O–H groups in total. The fourth-order valence-corrected chi connectivity index (χ4v) is 3.24. The van der Waals surface area contributed by atoms with Crippen LogP contribution in [0.2, 0.25) is 0 Å². The zero-order valence-electron chi connectivity index (χ0n) is 8.11. The van der Waals surface area contributed by atoms with E-state index in [1.54, 1.807) is 10.8 Å². The van der Waals surface area contributed by atoms with Crippen LogP contribution >= 0.6 is 34.2 Å². The van der Waals surface area contributed by atoms with Gasteiger partial charge in [-0.05, 0) is 13.8 Å². The van der Waals surface area contributed by atoms with Crippen molar-refractivity contribution in [2.75, 3.05) is 5.75 Å². The summed E-state index contributed by atoms with van der Waals surface area (Å²) in [5.41, 5.74) is 0.223. The van der Waals surface area contributed by atoms with Crippen LogP contribution in [0.3, 0.4) is 0 Å². The van der Waals surface area contributed by atoms with Crippen molar-refractivity contribution in [2.24, 2.45) is 0 Å². The fraction of sp³-hybridized carbons (Fsp3) is 1.00. The van der Waals surface area contributed by atoms with Crippen LogP contribution in [0.4, 0.5) is 0 Å². The molecule has 0 saturated heterocycles. The maximum Gasteiger partial charge on any atom is 0.122 e. The minimum absolute atomic E-state index is 0.223. The average Bonchev–Trinajstić information content (AvgIpc) is 1.97. The van der Waals surface area contributed by atoms with Gasteiger partial charge in [0.05, 0.1) is 6.10 Å². The first-order chi connectivity index (χ1) is 5.56. The number of hydrogen-bond donors (Lipinski definition) is 1. The lowest BCUT2D eigenvalue weighted by atomic mass is 10.5. The molecular weight excluding hydrogens is 208 g/mol. The van der Waals surface area contributed by atoms with Crippen LogP contribution in [-0.2, 0) is 4.74 Å². The van der Waals surface area contributed by atoms with E-state index in [0.717, 1.165) is 5.75 Å². The Labute approximate surface area is 89.2 Å². The number of hydrogen-bond acceptors (Lipinski definition) is 4. The molecule has 1 unspecified atom stereocenters. The summed E-state index contributed by atoms with van der Waals surface area (Å²) in [7, 11) is 3.62. The second-order valence-electron chi connectivity index (χ2n) is 3.04. The third kappa shape index (κ3) is 7.65. The smallest absolute Gasteiger partial charge is 0.122 e. The molecule has 0 fully saturated rings. The van der Waals surface area contributed by atoms with Crippen molar-refractivity contribution >= 4 is 34.2 Å². The second kappa shape index (κ2) is 7.42. The highest BCUT2D eigenvalue weighted by molar-refractivity contribution is 8.77. The van der Waals surface area contributed by atoms with Gasteiger partial charge in [-0.1, -0.05) is 35.4 Å². The van der Waals surface area contributed by atoms with Gasteiger partial charge in [0.15, 0.2) is 0 Å². The minimum Gasteiger partial charge on any atom is -0.363 e. The molecule has 12 heavy (non-hydrogen) atoms. The monoisotopic (exact) mass is 226 g/mol. The topological polar surface area (TPSA) is 9.23 Å². The maximum atomic E-state index is 5.62. The van der Waals surface area contributed by atoms with Crippen molar-refractivity contribution in [2.45, 2.75) is 44.5 Å². The normalized spacial score (nSPS) is 14.2. The molecule has 0 aliphatic heterocycles. The molecule has 0 bridgehead atoms. The lowest BCUT2D eigenvalue weighted by molar-refractivity contribution is 0.0724. The minimum atomic E-state index is 0.223. The molecule has 1 nitrogen and oxygen atoms in total. The first kappa shape index (κ1) is 13.0. The Hall–Kier alpha value is 1.01. The number of thiol groups is 1. The summed E-state index contributed by atoms with van der Waals surface area (Å²) in [5, 5.41) is 0.646. The first-order valence-corrected chi connectivity index (χ1v) is 7.05. The molecule has 0 rings (SSSR count). The molecule has 0 heterocycles. The van der Waals surface area contributed by atoms with Gasteiger partial charge < -0.3 is 4.74 Å². The van der Waals surface area contributed by atoms with Gasteiger partial charge in [-0.25, -0.2) is 0 Å². The summed E-state index contributed by atoms with van der Waals surface area (Å²) >= 11 is 4.23. The summed E-state index contributed by atoms with van der Waals surface area (Å²) < 4.78 is 5.62. The average molecular weight is 226 g/mol. The SMILES string of the molecule is CC(C)OC(CS)SSC(C)C. The molecular formula is C8H18OS3. The third-order valence-corrected chi connectivity index (χ3v) is 4.63. The summed E-state index contributed by atoms with van der Waals surface area (Å²) in [4.78, 5) is 0. The van der Waals surface area contributed by atoms with Gasteiger partial charge in [0.25, 0.3) is 0 Å². The third-order valence-electron chi connectivity index (χ3n) is 0.928. The highest BCUT2D eigenvalue weighted by Crippen LogP contribution is 2.32. The van der Waals surface area contributed by atoms with E-state index in [-0.39, 0.29) is 5.44 Å². The maximum absolute atomic E-state index is 5.62. The van der Waals surface area contributed by atoms with Gasteiger partial charge in [0.2, 0.25) is 0 Å². The van der Waals surface area contributed by atoms with Crippen LogP contribution in [0.1, 0.15) is 27.7 Å². The van der Waals surface area contributed by atoms with E-state index in [9.17, 15) is 0 Å². The van der Waals surface area contributed by atoms with E-state index in [0.29, 0.717) is 11.4 Å². The first-order valence-electron chi connectivity index (χ1n) is 4.14. The standard InChI is InChI=1S/C8H18OS3/c1-6(2)9-8(5-10)12-11-7(3)4/h6-8,10H,5H2,1-4H3. The summed E-state index contributed by atoms with van der Waals surface area (Å²) in [6, 6.07) is 0. The lowest BCUT2D eigenvalue weighted by Crippen LogP contribution is -2.15. The van der Waals surface area contributed by atoms with Gasteiger partial charge in [-0.15, -0.1) is 0 Å². The molecule has 0 aromatic rings. The Morgan fingerprint density at radius 2 is 1.75 bits per heavy atom. The Bertz CT molecular complexity index is 106. The van der Waals surface area contributed by atoms with Crippen molar-refractivity contribution in [1.29, 1.82) is 0 Å². The van der Waals surface area contributed by atoms with Crippen LogP contribution in [0.5, 0.6) is 0 Å². The molecule has 0 radical (unpaired) electrons. The number of ether oxygens (including phenoxy) is 1. The molecule has 0 aliphatic carbocycles. The Kier molecular flexibility index (Phi) is 8.04. The van der Waals surface area contributed by atoms with E-state index in [1.807, 2.05) is 10.8 Å². The molecule has 0 aromatic heterocycles.